The van der Waals surface area contributed by atoms with E-state index >= 15 is 0 Å². The van der Waals surface area contributed by atoms with Gasteiger partial charge in [0.2, 0.25) is 0 Å². The largest absolute Gasteiger partial charge is 0.696 e. The third kappa shape index (κ3) is 8280. The second kappa shape index (κ2) is 5.28. The minimum atomic E-state index is -0.389. The van der Waals surface area contributed by atoms with Crippen molar-refractivity contribution in [2.45, 2.75) is 0 Å². The van der Waals surface area contributed by atoms with E-state index in [0.29, 0.717) is 0 Å². The molecule has 3 heteroatoms. The van der Waals surface area contributed by atoms with Crippen LogP contribution in [0, 0.1) is 10.7 Å². The highest BCUT2D eigenvalue weighted by molar-refractivity contribution is 7.73. The van der Waals surface area contributed by atoms with Crippen LogP contribution in [-0.4, -0.2) is 26.7 Å². The fourth-order valence-corrected chi connectivity index (χ4v) is 0. The van der Waals surface area contributed by atoms with Gasteiger partial charge in [0.25, 0.3) is 0 Å². The van der Waals surface area contributed by atoms with E-state index in [4.69, 9.17) is 5.26 Å². The van der Waals surface area contributed by atoms with Crippen molar-refractivity contribution in [1.29, 1.82) is 5.26 Å². The maximum absolute atomic E-state index is 7.13. The summed E-state index contributed by atoms with van der Waals surface area (Å²) in [5.41, 5.74) is 0. The molecule has 0 radical (unpaired) electrons. The smallest absolute Gasteiger partial charge is 0.0481 e. The zero-order chi connectivity index (χ0) is 7.21. The normalized spacial score (nSPS) is 8.38. The first-order valence-corrected chi connectivity index (χ1v) is 6.20. The average Bonchev–Trinajstić information content (AvgIpc) is 1.27. The van der Waals surface area contributed by atoms with Crippen LogP contribution in [0.15, 0.2) is 0 Å². The minimum Gasteiger partial charge on any atom is -0.696 e. The summed E-state index contributed by atoms with van der Waals surface area (Å²) in [5, 5.41) is 8.47. The third-order valence-corrected chi connectivity index (χ3v) is 0. The van der Waals surface area contributed by atoms with Gasteiger partial charge in [-0.2, -0.15) is 0 Å². The molecule has 0 aromatic heterocycles. The maximum atomic E-state index is 7.13. The summed E-state index contributed by atoms with van der Waals surface area (Å²) in [6.45, 7) is 9.19. The highest BCUT2D eigenvalue weighted by Crippen LogP contribution is 2.40. The first kappa shape index (κ1) is 11.0. The molecular weight excluding hydrogens is 137 g/mol. The second-order valence-corrected chi connectivity index (χ2v) is 8.32. The van der Waals surface area contributed by atoms with Crippen LogP contribution in [-0.2, 0) is 12.6 Å². The van der Waals surface area contributed by atoms with Crippen LogP contribution in [0.5, 0.6) is 0 Å². The predicted octanol–water partition coefficient (Wildman–Crippen LogP) is 1.54. The molecule has 0 aromatic rings. The third-order valence-electron chi connectivity index (χ3n) is 0. The lowest BCUT2D eigenvalue weighted by molar-refractivity contribution is 1.57. The zero-order valence-electron chi connectivity index (χ0n) is 5.80. The van der Waals surface area contributed by atoms with Gasteiger partial charge in [0.15, 0.2) is 0 Å². The maximum Gasteiger partial charge on any atom is 0.0481 e. The number of nitrogens with zero attached hydrogens (tertiary/aromatic N) is 1. The van der Waals surface area contributed by atoms with Gasteiger partial charge in [-0.1, -0.05) is 5.40 Å². The van der Waals surface area contributed by atoms with Gasteiger partial charge >= 0.3 is 0 Å². The molecule has 0 atom stereocenters. The highest BCUT2D eigenvalue weighted by atomic mass is 32.1. The summed E-state index contributed by atoms with van der Waals surface area (Å²) in [6, 6.07) is 0. The molecule has 0 bridgehead atoms. The highest BCUT2D eigenvalue weighted by Gasteiger charge is 2.03. The summed E-state index contributed by atoms with van der Waals surface area (Å²) >= 11 is 3.70. The second-order valence-electron chi connectivity index (χ2n) is 2.77. The molecule has 8 heavy (non-hydrogen) atoms. The van der Waals surface area contributed by atoms with E-state index in [0.717, 1.165) is 0 Å². The van der Waals surface area contributed by atoms with Crippen molar-refractivity contribution in [3.8, 4) is 5.40 Å². The lowest BCUT2D eigenvalue weighted by Gasteiger charge is -1.97. The van der Waals surface area contributed by atoms with Gasteiger partial charge in [-0.25, -0.2) is 5.26 Å². The molecule has 48 valence electrons. The Hall–Kier alpha value is 0.140. The van der Waals surface area contributed by atoms with Crippen molar-refractivity contribution >= 4 is 19.9 Å². The Morgan fingerprint density at radius 1 is 1.25 bits per heavy atom. The van der Waals surface area contributed by atoms with Gasteiger partial charge in [0.05, 0.1) is 0 Å². The monoisotopic (exact) mass is 149 g/mol. The molecule has 0 rings (SSSR count). The molecule has 0 aliphatic carbocycles. The fraction of sp³-hybridized carbons (Fsp3) is 0.800. The Morgan fingerprint density at radius 3 is 1.25 bits per heavy atom. The molecule has 0 aromatic carbocycles. The summed E-state index contributed by atoms with van der Waals surface area (Å²) in [5.74, 6) is 0. The van der Waals surface area contributed by atoms with Crippen LogP contribution < -0.4 is 0 Å². The lowest BCUT2D eigenvalue weighted by atomic mass is 11.8. The topological polar surface area (TPSA) is 23.8 Å². The quantitative estimate of drug-likeness (QED) is 0.296. The van der Waals surface area contributed by atoms with E-state index in [1.54, 1.807) is 0 Å². The number of nitriles is 1. The first-order chi connectivity index (χ1) is 3.41. The number of thiocyanates is 1. The Morgan fingerprint density at radius 2 is 1.25 bits per heavy atom. The lowest BCUT2D eigenvalue weighted by Crippen LogP contribution is -1.74. The SMILES string of the molecule is C[P+](C)(C)C.N#C[S-]. The van der Waals surface area contributed by atoms with Gasteiger partial charge in [-0.05, 0) is 0 Å². The average molecular weight is 149 g/mol. The molecule has 0 aliphatic heterocycles. The first-order valence-electron chi connectivity index (χ1n) is 2.22. The predicted molar refractivity (Wildman–Crippen MR) is 43.6 cm³/mol. The van der Waals surface area contributed by atoms with Gasteiger partial charge in [-0.15, -0.1) is 0 Å². The van der Waals surface area contributed by atoms with Crippen LogP contribution in [0.3, 0.4) is 0 Å². The molecule has 0 spiro atoms. The van der Waals surface area contributed by atoms with Crippen molar-refractivity contribution in [3.05, 3.63) is 0 Å². The van der Waals surface area contributed by atoms with E-state index in [9.17, 15) is 0 Å². The van der Waals surface area contributed by atoms with E-state index in [2.05, 4.69) is 39.3 Å². The number of rotatable bonds is 0. The van der Waals surface area contributed by atoms with E-state index in [1.807, 2.05) is 0 Å². The van der Waals surface area contributed by atoms with Crippen LogP contribution >= 0.6 is 7.26 Å². The Balaban J connectivity index is 0. The zero-order valence-corrected chi connectivity index (χ0v) is 7.51. The van der Waals surface area contributed by atoms with Crippen LogP contribution in [0.1, 0.15) is 0 Å². The molecule has 0 N–H and O–H groups in total. The summed E-state index contributed by atoms with van der Waals surface area (Å²) in [4.78, 5) is 0. The van der Waals surface area contributed by atoms with Gasteiger partial charge in [0.1, 0.15) is 0 Å². The van der Waals surface area contributed by atoms with Crippen molar-refractivity contribution < 1.29 is 0 Å². The molecule has 0 amide bonds. The Bertz CT molecular complexity index is 73.4. The Kier molecular flexibility index (Phi) is 7.26. The minimum absolute atomic E-state index is 0.389. The molecule has 0 unspecified atom stereocenters. The fourth-order valence-electron chi connectivity index (χ4n) is 0. The standard InChI is InChI=1S/C4H12P.CHNS/c1-5(2,3)4;2-1-3/h1-4H3;3H/q+1;/p-1. The van der Waals surface area contributed by atoms with Crippen molar-refractivity contribution in [2.24, 2.45) is 0 Å². The number of hydrogen-bond donors (Lipinski definition) is 0. The Labute approximate surface area is 57.8 Å². The van der Waals surface area contributed by atoms with Gasteiger partial charge < -0.3 is 12.6 Å². The molecular formula is C5H12NPS. The summed E-state index contributed by atoms with van der Waals surface area (Å²) < 4.78 is 0. The van der Waals surface area contributed by atoms with Crippen molar-refractivity contribution in [1.82, 2.24) is 0 Å². The summed E-state index contributed by atoms with van der Waals surface area (Å²) in [7, 11) is -0.389. The number of hydrogen-bond acceptors (Lipinski definition) is 2. The van der Waals surface area contributed by atoms with Gasteiger partial charge in [0, 0.05) is 33.9 Å². The molecule has 0 saturated heterocycles. The van der Waals surface area contributed by atoms with E-state index in [1.165, 1.54) is 5.40 Å². The van der Waals surface area contributed by atoms with Crippen molar-refractivity contribution in [2.75, 3.05) is 26.7 Å². The van der Waals surface area contributed by atoms with E-state index < -0.39 is 0 Å². The molecule has 0 saturated carbocycles. The van der Waals surface area contributed by atoms with Crippen LogP contribution in [0.4, 0.5) is 0 Å². The van der Waals surface area contributed by atoms with Crippen LogP contribution in [0.2, 0.25) is 0 Å². The van der Waals surface area contributed by atoms with E-state index in [-0.39, 0.29) is 7.26 Å². The van der Waals surface area contributed by atoms with Crippen LogP contribution in [0.25, 0.3) is 0 Å². The molecule has 0 fully saturated rings. The summed E-state index contributed by atoms with van der Waals surface area (Å²) in [6.07, 6.45) is 0. The molecule has 0 aliphatic rings. The molecule has 1 nitrogen and oxygen atoms in total. The molecule has 0 heterocycles. The van der Waals surface area contributed by atoms with Crippen molar-refractivity contribution in [3.63, 3.8) is 0 Å². The van der Waals surface area contributed by atoms with Gasteiger partial charge in [-0.3, -0.25) is 0 Å².